The zero-order valence-electron chi connectivity index (χ0n) is 10.2. The largest absolute Gasteiger partial charge is 0.416 e. The van der Waals surface area contributed by atoms with Crippen LogP contribution >= 0.6 is 0 Å². The summed E-state index contributed by atoms with van der Waals surface area (Å²) in [5, 5.41) is 3.17. The van der Waals surface area contributed by atoms with Crippen molar-refractivity contribution in [3.8, 4) is 0 Å². The molecule has 1 aromatic carbocycles. The van der Waals surface area contributed by atoms with E-state index < -0.39 is 11.7 Å². The second-order valence-corrected chi connectivity index (χ2v) is 4.88. The molecular formula is C13H17F3N2. The Hall–Kier alpha value is -1.07. The second-order valence-electron chi connectivity index (χ2n) is 4.88. The van der Waals surface area contributed by atoms with Crippen LogP contribution in [-0.4, -0.2) is 18.6 Å². The fraction of sp³-hybridized carbons (Fsp3) is 0.538. The average molecular weight is 258 g/mol. The highest BCUT2D eigenvalue weighted by atomic mass is 19.4. The molecule has 0 aromatic heterocycles. The number of nitrogens with two attached hydrogens (primary N) is 1. The minimum absolute atomic E-state index is 0.106. The zero-order chi connectivity index (χ0) is 13.3. The minimum atomic E-state index is -4.30. The molecule has 1 fully saturated rings. The molecule has 2 nitrogen and oxygen atoms in total. The van der Waals surface area contributed by atoms with Crippen molar-refractivity contribution in [1.82, 2.24) is 5.32 Å². The molecule has 1 aliphatic rings. The Bertz CT molecular complexity index is 417. The molecule has 5 heteroatoms. The highest BCUT2D eigenvalue weighted by Crippen LogP contribution is 2.37. The van der Waals surface area contributed by atoms with Crippen LogP contribution in [0.4, 0.5) is 13.2 Å². The molecule has 100 valence electrons. The molecule has 0 aliphatic carbocycles. The van der Waals surface area contributed by atoms with Crippen LogP contribution in [0.1, 0.15) is 30.4 Å². The van der Waals surface area contributed by atoms with Gasteiger partial charge in [0, 0.05) is 18.6 Å². The van der Waals surface area contributed by atoms with Crippen molar-refractivity contribution < 1.29 is 13.2 Å². The number of alkyl halides is 3. The number of hydrogen-bond acceptors (Lipinski definition) is 2. The van der Waals surface area contributed by atoms with Crippen LogP contribution in [0.5, 0.6) is 0 Å². The predicted molar refractivity (Wildman–Crippen MR) is 64.2 cm³/mol. The van der Waals surface area contributed by atoms with Crippen LogP contribution in [-0.2, 0) is 6.18 Å². The van der Waals surface area contributed by atoms with Gasteiger partial charge in [0.2, 0.25) is 0 Å². The Kier molecular flexibility index (Phi) is 3.64. The Morgan fingerprint density at radius 1 is 1.28 bits per heavy atom. The van der Waals surface area contributed by atoms with Gasteiger partial charge in [-0.2, -0.15) is 13.2 Å². The monoisotopic (exact) mass is 258 g/mol. The van der Waals surface area contributed by atoms with Gasteiger partial charge in [-0.15, -0.1) is 0 Å². The van der Waals surface area contributed by atoms with E-state index in [0.717, 1.165) is 6.07 Å². The van der Waals surface area contributed by atoms with Gasteiger partial charge in [-0.05, 0) is 30.9 Å². The van der Waals surface area contributed by atoms with E-state index in [1.54, 1.807) is 12.1 Å². The van der Waals surface area contributed by atoms with Crippen LogP contribution in [0.25, 0.3) is 0 Å². The topological polar surface area (TPSA) is 38.0 Å². The number of rotatable bonds is 1. The van der Waals surface area contributed by atoms with Crippen molar-refractivity contribution in [2.75, 3.05) is 6.54 Å². The van der Waals surface area contributed by atoms with Crippen molar-refractivity contribution in [3.63, 3.8) is 0 Å². The summed E-state index contributed by atoms with van der Waals surface area (Å²) >= 11 is 0. The summed E-state index contributed by atoms with van der Waals surface area (Å²) in [5.41, 5.74) is 5.73. The summed E-state index contributed by atoms with van der Waals surface area (Å²) in [4.78, 5) is 0. The molecule has 1 aromatic rings. The van der Waals surface area contributed by atoms with Crippen LogP contribution in [0.15, 0.2) is 24.3 Å². The van der Waals surface area contributed by atoms with Crippen molar-refractivity contribution in [2.45, 2.75) is 37.5 Å². The Morgan fingerprint density at radius 2 is 1.94 bits per heavy atom. The van der Waals surface area contributed by atoms with E-state index in [1.807, 2.05) is 6.92 Å². The summed E-state index contributed by atoms with van der Waals surface area (Å²) in [6, 6.07) is 5.81. The molecule has 2 rings (SSSR count). The lowest BCUT2D eigenvalue weighted by atomic mass is 9.84. The van der Waals surface area contributed by atoms with Crippen LogP contribution in [0, 0.1) is 0 Å². The molecule has 1 aliphatic heterocycles. The van der Waals surface area contributed by atoms with Crippen LogP contribution in [0.2, 0.25) is 0 Å². The Morgan fingerprint density at radius 3 is 2.56 bits per heavy atom. The van der Waals surface area contributed by atoms with E-state index in [2.05, 4.69) is 5.32 Å². The molecule has 3 N–H and O–H groups in total. The number of piperidine rings is 1. The maximum absolute atomic E-state index is 12.9. The molecule has 0 amide bonds. The molecule has 18 heavy (non-hydrogen) atoms. The third-order valence-electron chi connectivity index (χ3n) is 3.59. The molecule has 0 spiro atoms. The van der Waals surface area contributed by atoms with Crippen LogP contribution < -0.4 is 11.1 Å². The first kappa shape index (κ1) is 13.4. The molecule has 0 radical (unpaired) electrons. The van der Waals surface area contributed by atoms with Gasteiger partial charge in [-0.1, -0.05) is 18.2 Å². The highest BCUT2D eigenvalue weighted by molar-refractivity contribution is 5.33. The van der Waals surface area contributed by atoms with E-state index in [4.69, 9.17) is 5.73 Å². The Labute approximate surface area is 104 Å². The van der Waals surface area contributed by atoms with Gasteiger partial charge in [-0.3, -0.25) is 0 Å². The predicted octanol–water partition coefficient (Wildman–Crippen LogP) is 2.50. The number of benzene rings is 1. The molecule has 1 saturated heterocycles. The van der Waals surface area contributed by atoms with Crippen molar-refractivity contribution >= 4 is 0 Å². The highest BCUT2D eigenvalue weighted by Gasteiger charge is 2.36. The van der Waals surface area contributed by atoms with E-state index in [9.17, 15) is 13.2 Å². The smallest absolute Gasteiger partial charge is 0.326 e. The molecule has 1 heterocycles. The number of halogens is 3. The molecule has 0 saturated carbocycles. The zero-order valence-corrected chi connectivity index (χ0v) is 10.2. The van der Waals surface area contributed by atoms with E-state index in [1.165, 1.54) is 6.07 Å². The standard InChI is InChI=1S/C13H17F3N2/c1-8-12(17)6-9(7-18-8)10-4-2-3-5-11(10)13(14,15)16/h2-5,8-9,12,18H,6-7,17H2,1H3. The van der Waals surface area contributed by atoms with Gasteiger partial charge < -0.3 is 11.1 Å². The summed E-state index contributed by atoms with van der Waals surface area (Å²) in [7, 11) is 0. The lowest BCUT2D eigenvalue weighted by Gasteiger charge is -2.34. The summed E-state index contributed by atoms with van der Waals surface area (Å²) in [6.07, 6.45) is -3.72. The first-order valence-electron chi connectivity index (χ1n) is 6.04. The van der Waals surface area contributed by atoms with Crippen molar-refractivity contribution in [1.29, 1.82) is 0 Å². The molecule has 3 atom stereocenters. The summed E-state index contributed by atoms with van der Waals surface area (Å²) in [6.45, 7) is 2.50. The quantitative estimate of drug-likeness (QED) is 0.812. The van der Waals surface area contributed by atoms with Crippen molar-refractivity contribution in [2.24, 2.45) is 5.73 Å². The normalized spacial score (nSPS) is 29.3. The van der Waals surface area contributed by atoms with E-state index in [0.29, 0.717) is 18.5 Å². The second kappa shape index (κ2) is 4.90. The van der Waals surface area contributed by atoms with E-state index >= 15 is 0 Å². The third kappa shape index (κ3) is 2.67. The Balaban J connectivity index is 2.29. The van der Waals surface area contributed by atoms with Gasteiger partial charge in [-0.25, -0.2) is 0 Å². The third-order valence-corrected chi connectivity index (χ3v) is 3.59. The van der Waals surface area contributed by atoms with Gasteiger partial charge >= 0.3 is 6.18 Å². The molecular weight excluding hydrogens is 241 g/mol. The minimum Gasteiger partial charge on any atom is -0.326 e. The van der Waals surface area contributed by atoms with Crippen molar-refractivity contribution in [3.05, 3.63) is 35.4 Å². The summed E-state index contributed by atoms with van der Waals surface area (Å²) in [5.74, 6) is -0.172. The molecule has 3 unspecified atom stereocenters. The van der Waals surface area contributed by atoms with Gasteiger partial charge in [0.1, 0.15) is 0 Å². The maximum Gasteiger partial charge on any atom is 0.416 e. The van der Waals surface area contributed by atoms with Crippen LogP contribution in [0.3, 0.4) is 0 Å². The molecule has 0 bridgehead atoms. The van der Waals surface area contributed by atoms with E-state index in [-0.39, 0.29) is 18.0 Å². The maximum atomic E-state index is 12.9. The van der Waals surface area contributed by atoms with Gasteiger partial charge in [0.05, 0.1) is 5.56 Å². The fourth-order valence-electron chi connectivity index (χ4n) is 2.44. The SMILES string of the molecule is CC1NCC(c2ccccc2C(F)(F)F)CC1N. The van der Waals surface area contributed by atoms with Gasteiger partial charge in [0.15, 0.2) is 0 Å². The first-order chi connectivity index (χ1) is 8.39. The number of nitrogens with one attached hydrogen (secondary N) is 1. The summed E-state index contributed by atoms with van der Waals surface area (Å²) < 4.78 is 38.8. The fourth-order valence-corrected chi connectivity index (χ4v) is 2.44. The first-order valence-corrected chi connectivity index (χ1v) is 6.04. The lowest BCUT2D eigenvalue weighted by Crippen LogP contribution is -2.50. The average Bonchev–Trinajstić information content (AvgIpc) is 2.32. The number of hydrogen-bond donors (Lipinski definition) is 2. The van der Waals surface area contributed by atoms with Gasteiger partial charge in [0.25, 0.3) is 0 Å². The lowest BCUT2D eigenvalue weighted by molar-refractivity contribution is -0.138.